The molecule has 0 aromatic carbocycles. The maximum absolute atomic E-state index is 10.2. The Kier molecular flexibility index (Phi) is 6.70. The molecule has 0 unspecified atom stereocenters. The summed E-state index contributed by atoms with van der Waals surface area (Å²) < 4.78 is 4.87. The summed E-state index contributed by atoms with van der Waals surface area (Å²) in [5.74, 6) is -0.742. The monoisotopic (exact) mass is 175 g/mol. The largest absolute Gasteiger partial charge is 0.481 e. The van der Waals surface area contributed by atoms with E-state index in [1.807, 2.05) is 11.9 Å². The Morgan fingerprint density at radius 1 is 1.50 bits per heavy atom. The molecule has 0 rings (SSSR count). The normalized spacial score (nSPS) is 10.6. The van der Waals surface area contributed by atoms with Gasteiger partial charge in [0.15, 0.2) is 0 Å². The minimum absolute atomic E-state index is 0.212. The molecule has 0 atom stereocenters. The van der Waals surface area contributed by atoms with Gasteiger partial charge in [-0.15, -0.1) is 0 Å². The third-order valence-corrected chi connectivity index (χ3v) is 1.60. The van der Waals surface area contributed by atoms with Gasteiger partial charge in [-0.05, 0) is 13.5 Å². The van der Waals surface area contributed by atoms with Crippen LogP contribution in [0.25, 0.3) is 0 Å². The second-order valence-electron chi connectivity index (χ2n) is 2.79. The molecule has 0 aromatic heterocycles. The Morgan fingerprint density at radius 3 is 2.67 bits per heavy atom. The van der Waals surface area contributed by atoms with Crippen LogP contribution in [-0.4, -0.2) is 49.8 Å². The van der Waals surface area contributed by atoms with Crippen LogP contribution < -0.4 is 0 Å². The van der Waals surface area contributed by atoms with Crippen LogP contribution in [0.15, 0.2) is 0 Å². The molecule has 0 aromatic rings. The second kappa shape index (κ2) is 7.06. The fourth-order valence-corrected chi connectivity index (χ4v) is 0.877. The lowest BCUT2D eigenvalue weighted by Crippen LogP contribution is -2.23. The summed E-state index contributed by atoms with van der Waals surface area (Å²) in [6.45, 7) is 2.23. The number of carboxylic acids is 1. The lowest BCUT2D eigenvalue weighted by Gasteiger charge is -2.14. The molecule has 1 N–H and O–H groups in total. The maximum atomic E-state index is 10.2. The summed E-state index contributed by atoms with van der Waals surface area (Å²) >= 11 is 0. The summed E-state index contributed by atoms with van der Waals surface area (Å²) in [6, 6.07) is 0. The van der Waals surface area contributed by atoms with Crippen molar-refractivity contribution in [2.45, 2.75) is 12.8 Å². The highest BCUT2D eigenvalue weighted by Crippen LogP contribution is 1.90. The van der Waals surface area contributed by atoms with Crippen molar-refractivity contribution in [1.29, 1.82) is 0 Å². The van der Waals surface area contributed by atoms with E-state index in [9.17, 15) is 4.79 Å². The summed E-state index contributed by atoms with van der Waals surface area (Å²) in [5, 5.41) is 8.38. The minimum atomic E-state index is -0.742. The Balaban J connectivity index is 3.21. The molecular formula is C8H17NO3. The average molecular weight is 175 g/mol. The van der Waals surface area contributed by atoms with Crippen molar-refractivity contribution in [3.63, 3.8) is 0 Å². The number of nitrogens with zero attached hydrogens (tertiary/aromatic N) is 1. The van der Waals surface area contributed by atoms with Crippen molar-refractivity contribution in [1.82, 2.24) is 4.90 Å². The number of rotatable bonds is 7. The van der Waals surface area contributed by atoms with E-state index in [1.165, 1.54) is 0 Å². The number of hydrogen-bond donors (Lipinski definition) is 1. The van der Waals surface area contributed by atoms with Gasteiger partial charge in [0.1, 0.15) is 0 Å². The molecule has 0 spiro atoms. The SMILES string of the molecule is COCCCN(C)CCC(=O)O. The zero-order valence-corrected chi connectivity index (χ0v) is 7.75. The smallest absolute Gasteiger partial charge is 0.304 e. The number of ether oxygens (including phenoxy) is 1. The highest BCUT2D eigenvalue weighted by Gasteiger charge is 2.01. The first-order chi connectivity index (χ1) is 5.66. The zero-order valence-electron chi connectivity index (χ0n) is 7.75. The molecule has 0 aliphatic heterocycles. The van der Waals surface area contributed by atoms with Crippen molar-refractivity contribution < 1.29 is 14.6 Å². The lowest BCUT2D eigenvalue weighted by molar-refractivity contribution is -0.137. The number of hydrogen-bond acceptors (Lipinski definition) is 3. The topological polar surface area (TPSA) is 49.8 Å². The van der Waals surface area contributed by atoms with Gasteiger partial charge in [0.25, 0.3) is 0 Å². The van der Waals surface area contributed by atoms with Crippen LogP contribution in [0.2, 0.25) is 0 Å². The first-order valence-electron chi connectivity index (χ1n) is 4.06. The van der Waals surface area contributed by atoms with E-state index in [4.69, 9.17) is 9.84 Å². The number of carbonyl (C=O) groups is 1. The van der Waals surface area contributed by atoms with E-state index in [0.29, 0.717) is 6.54 Å². The third kappa shape index (κ3) is 7.50. The molecule has 0 fully saturated rings. The quantitative estimate of drug-likeness (QED) is 0.570. The first-order valence-corrected chi connectivity index (χ1v) is 4.06. The van der Waals surface area contributed by atoms with Crippen LogP contribution in [0.1, 0.15) is 12.8 Å². The Hall–Kier alpha value is -0.610. The van der Waals surface area contributed by atoms with Gasteiger partial charge in [-0.2, -0.15) is 0 Å². The highest BCUT2D eigenvalue weighted by molar-refractivity contribution is 5.66. The molecule has 0 aliphatic carbocycles. The van der Waals surface area contributed by atoms with Crippen LogP contribution in [0.4, 0.5) is 0 Å². The van der Waals surface area contributed by atoms with Crippen molar-refractivity contribution in [2.75, 3.05) is 33.9 Å². The molecule has 0 aliphatic rings. The van der Waals surface area contributed by atoms with Crippen molar-refractivity contribution >= 4 is 5.97 Å². The summed E-state index contributed by atoms with van der Waals surface area (Å²) in [5.41, 5.74) is 0. The molecule has 0 saturated heterocycles. The van der Waals surface area contributed by atoms with Crippen molar-refractivity contribution in [3.8, 4) is 0 Å². The zero-order chi connectivity index (χ0) is 9.40. The average Bonchev–Trinajstić information content (AvgIpc) is 2.01. The van der Waals surface area contributed by atoms with E-state index >= 15 is 0 Å². The van der Waals surface area contributed by atoms with Gasteiger partial charge < -0.3 is 14.7 Å². The van der Waals surface area contributed by atoms with Gasteiger partial charge in [-0.25, -0.2) is 0 Å². The number of methoxy groups -OCH3 is 1. The van der Waals surface area contributed by atoms with Gasteiger partial charge in [-0.3, -0.25) is 4.79 Å². The van der Waals surface area contributed by atoms with Gasteiger partial charge in [0.05, 0.1) is 6.42 Å². The molecule has 12 heavy (non-hydrogen) atoms. The molecule has 0 radical (unpaired) electrons. The number of aliphatic carboxylic acids is 1. The third-order valence-electron chi connectivity index (χ3n) is 1.60. The van der Waals surface area contributed by atoms with Crippen LogP contribution >= 0.6 is 0 Å². The molecule has 0 amide bonds. The van der Waals surface area contributed by atoms with Crippen LogP contribution in [-0.2, 0) is 9.53 Å². The fraction of sp³-hybridized carbons (Fsp3) is 0.875. The van der Waals surface area contributed by atoms with Crippen molar-refractivity contribution in [2.24, 2.45) is 0 Å². The Labute approximate surface area is 73.1 Å². The predicted octanol–water partition coefficient (Wildman–Crippen LogP) is 0.429. The van der Waals surface area contributed by atoms with Crippen LogP contribution in [0.5, 0.6) is 0 Å². The molecular weight excluding hydrogens is 158 g/mol. The molecule has 0 saturated carbocycles. The second-order valence-corrected chi connectivity index (χ2v) is 2.79. The number of carboxylic acid groups (broad SMARTS) is 1. The van der Waals surface area contributed by atoms with Crippen LogP contribution in [0.3, 0.4) is 0 Å². The Morgan fingerprint density at radius 2 is 2.17 bits per heavy atom. The van der Waals surface area contributed by atoms with E-state index in [0.717, 1.165) is 19.6 Å². The highest BCUT2D eigenvalue weighted by atomic mass is 16.5. The van der Waals surface area contributed by atoms with E-state index in [2.05, 4.69) is 0 Å². The first kappa shape index (κ1) is 11.4. The van der Waals surface area contributed by atoms with Gasteiger partial charge in [-0.1, -0.05) is 0 Å². The molecule has 4 nitrogen and oxygen atoms in total. The standard InChI is InChI=1S/C8H17NO3/c1-9(5-3-7-12-2)6-4-8(10)11/h3-7H2,1-2H3,(H,10,11). The van der Waals surface area contributed by atoms with E-state index in [1.54, 1.807) is 7.11 Å². The van der Waals surface area contributed by atoms with Gasteiger partial charge in [0, 0.05) is 26.8 Å². The lowest BCUT2D eigenvalue weighted by atomic mass is 10.3. The predicted molar refractivity (Wildman–Crippen MR) is 46.2 cm³/mol. The Bertz CT molecular complexity index is 127. The summed E-state index contributed by atoms with van der Waals surface area (Å²) in [4.78, 5) is 12.2. The van der Waals surface area contributed by atoms with E-state index in [-0.39, 0.29) is 6.42 Å². The maximum Gasteiger partial charge on any atom is 0.304 e. The molecule has 4 heteroatoms. The molecule has 0 bridgehead atoms. The van der Waals surface area contributed by atoms with Gasteiger partial charge >= 0.3 is 5.97 Å². The minimum Gasteiger partial charge on any atom is -0.481 e. The van der Waals surface area contributed by atoms with Gasteiger partial charge in [0.2, 0.25) is 0 Å². The van der Waals surface area contributed by atoms with Crippen molar-refractivity contribution in [3.05, 3.63) is 0 Å². The summed E-state index contributed by atoms with van der Waals surface area (Å²) in [7, 11) is 3.58. The molecule has 0 heterocycles. The van der Waals surface area contributed by atoms with E-state index < -0.39 is 5.97 Å². The molecule has 72 valence electrons. The summed E-state index contributed by atoms with van der Waals surface area (Å²) in [6.07, 6.45) is 1.16. The van der Waals surface area contributed by atoms with Crippen LogP contribution in [0, 0.1) is 0 Å². The fourth-order valence-electron chi connectivity index (χ4n) is 0.877.